The summed E-state index contributed by atoms with van der Waals surface area (Å²) in [4.78, 5) is 0. The number of unbranched alkanes of at least 4 members (excludes halogenated alkanes) is 25. The average molecular weight is 534 g/mol. The zero-order chi connectivity index (χ0) is 25.7. The Morgan fingerprint density at radius 3 is 0.944 bits per heavy atom. The van der Waals surface area contributed by atoms with Crippen LogP contribution in [0.2, 0.25) is 0 Å². The van der Waals surface area contributed by atoms with Crippen LogP contribution in [0.5, 0.6) is 0 Å². The predicted octanol–water partition coefficient (Wildman–Crippen LogP) is 11.1. The Hall–Kier alpha value is -0.130. The van der Waals surface area contributed by atoms with Crippen LogP contribution < -0.4 is 6.15 Å². The molecule has 0 atom stereocenters. The summed E-state index contributed by atoms with van der Waals surface area (Å²) in [6, 6.07) is 0. The van der Waals surface area contributed by atoms with Gasteiger partial charge >= 0.3 is 0 Å². The summed E-state index contributed by atoms with van der Waals surface area (Å²) >= 11 is 0. The first-order valence-electron chi connectivity index (χ1n) is 16.0. The van der Waals surface area contributed by atoms with Crippen LogP contribution in [-0.4, -0.2) is 20.8 Å². The summed E-state index contributed by atoms with van der Waals surface area (Å²) in [6.07, 6.45) is 35.0. The van der Waals surface area contributed by atoms with E-state index in [9.17, 15) is 8.42 Å². The Balaban J connectivity index is 0. The van der Waals surface area contributed by atoms with Gasteiger partial charge in [-0.3, -0.25) is 4.18 Å². The second-order valence-electron chi connectivity index (χ2n) is 10.9. The highest BCUT2D eigenvalue weighted by Crippen LogP contribution is 2.15. The Bertz CT molecular complexity index is 496. The van der Waals surface area contributed by atoms with Crippen LogP contribution in [0.3, 0.4) is 0 Å². The Kier molecular flexibility index (Phi) is 32.8. The number of hydrogen-bond acceptors (Lipinski definition) is 4. The second-order valence-corrected chi connectivity index (χ2v) is 12.7. The normalized spacial score (nSPS) is 11.6. The standard InChI is InChI=1S/C31H64O3S.H3N/c1-3-5-7-9-11-13-14-15-16-17-18-19-20-21-22-23-24-26-28-30-34-35(32,33)31-29-27-25-12-10-8-6-4-2;/h3-31H2,1-2H3;1H3. The fourth-order valence-electron chi connectivity index (χ4n) is 4.84. The van der Waals surface area contributed by atoms with Crippen LogP contribution >= 0.6 is 0 Å². The minimum Gasteiger partial charge on any atom is -0.344 e. The molecule has 0 aliphatic carbocycles. The summed E-state index contributed by atoms with van der Waals surface area (Å²) < 4.78 is 29.1. The lowest BCUT2D eigenvalue weighted by atomic mass is 10.0. The lowest BCUT2D eigenvalue weighted by Crippen LogP contribution is -2.11. The van der Waals surface area contributed by atoms with Crippen LogP contribution in [0, 0.1) is 0 Å². The molecule has 0 saturated heterocycles. The van der Waals surface area contributed by atoms with Gasteiger partial charge < -0.3 is 6.15 Å². The highest BCUT2D eigenvalue weighted by atomic mass is 32.2. The third-order valence-electron chi connectivity index (χ3n) is 7.26. The van der Waals surface area contributed by atoms with Gasteiger partial charge in [-0.15, -0.1) is 0 Å². The van der Waals surface area contributed by atoms with Crippen molar-refractivity contribution in [2.45, 2.75) is 187 Å². The monoisotopic (exact) mass is 533 g/mol. The molecule has 0 aliphatic heterocycles. The van der Waals surface area contributed by atoms with Crippen molar-refractivity contribution in [3.8, 4) is 0 Å². The summed E-state index contributed by atoms with van der Waals surface area (Å²) in [5.41, 5.74) is 0. The molecular weight excluding hydrogens is 466 g/mol. The van der Waals surface area contributed by atoms with E-state index in [1.165, 1.54) is 141 Å². The van der Waals surface area contributed by atoms with E-state index in [0.717, 1.165) is 32.1 Å². The minimum absolute atomic E-state index is 0. The molecule has 3 N–H and O–H groups in total. The van der Waals surface area contributed by atoms with Gasteiger partial charge in [0.25, 0.3) is 10.1 Å². The maximum Gasteiger partial charge on any atom is 0.267 e. The van der Waals surface area contributed by atoms with Gasteiger partial charge in [0.1, 0.15) is 0 Å². The molecule has 0 radical (unpaired) electrons. The molecule has 0 bridgehead atoms. The molecule has 0 rings (SSSR count). The zero-order valence-electron chi connectivity index (χ0n) is 24.8. The molecule has 220 valence electrons. The SMILES string of the molecule is CCCCCCCCCCCCCCCCCCCCCOS(=O)(=O)CCCCCCCCCC.N. The summed E-state index contributed by atoms with van der Waals surface area (Å²) in [5, 5.41) is 0. The number of rotatable bonds is 30. The van der Waals surface area contributed by atoms with Crippen molar-refractivity contribution in [2.24, 2.45) is 0 Å². The molecule has 0 aliphatic rings. The van der Waals surface area contributed by atoms with Gasteiger partial charge in [0.05, 0.1) is 12.4 Å². The molecule has 4 nitrogen and oxygen atoms in total. The zero-order valence-corrected chi connectivity index (χ0v) is 25.7. The molecule has 0 aromatic rings. The molecule has 0 fully saturated rings. The van der Waals surface area contributed by atoms with Crippen LogP contribution in [0.25, 0.3) is 0 Å². The largest absolute Gasteiger partial charge is 0.344 e. The summed E-state index contributed by atoms with van der Waals surface area (Å²) in [6.45, 7) is 4.89. The summed E-state index contributed by atoms with van der Waals surface area (Å²) in [7, 11) is -3.31. The van der Waals surface area contributed by atoms with E-state index in [2.05, 4.69) is 13.8 Å². The topological polar surface area (TPSA) is 78.4 Å². The molecule has 0 spiro atoms. The lowest BCUT2D eigenvalue weighted by molar-refractivity contribution is 0.305. The first-order valence-corrected chi connectivity index (χ1v) is 17.6. The van der Waals surface area contributed by atoms with Gasteiger partial charge in [-0.05, 0) is 12.8 Å². The predicted molar refractivity (Wildman–Crippen MR) is 161 cm³/mol. The Morgan fingerprint density at radius 2 is 0.639 bits per heavy atom. The van der Waals surface area contributed by atoms with Gasteiger partial charge in [-0.1, -0.05) is 174 Å². The quantitative estimate of drug-likeness (QED) is 0.0735. The van der Waals surface area contributed by atoms with Crippen LogP contribution in [0.1, 0.15) is 187 Å². The van der Waals surface area contributed by atoms with Crippen molar-refractivity contribution in [2.75, 3.05) is 12.4 Å². The van der Waals surface area contributed by atoms with Gasteiger partial charge in [0.2, 0.25) is 0 Å². The molecule has 0 aromatic heterocycles. The van der Waals surface area contributed by atoms with Crippen LogP contribution in [-0.2, 0) is 14.3 Å². The van der Waals surface area contributed by atoms with E-state index in [-0.39, 0.29) is 11.9 Å². The van der Waals surface area contributed by atoms with Gasteiger partial charge in [0.15, 0.2) is 0 Å². The lowest BCUT2D eigenvalue weighted by Gasteiger charge is -2.06. The average Bonchev–Trinajstić information content (AvgIpc) is 2.84. The van der Waals surface area contributed by atoms with Crippen molar-refractivity contribution in [1.82, 2.24) is 6.15 Å². The molecule has 0 amide bonds. The van der Waals surface area contributed by atoms with Crippen LogP contribution in [0.4, 0.5) is 0 Å². The smallest absolute Gasteiger partial charge is 0.267 e. The first-order chi connectivity index (χ1) is 17.1. The minimum atomic E-state index is -3.31. The third kappa shape index (κ3) is 31.9. The molecule has 0 heterocycles. The molecule has 0 saturated carbocycles. The van der Waals surface area contributed by atoms with Crippen molar-refractivity contribution < 1.29 is 12.6 Å². The van der Waals surface area contributed by atoms with E-state index in [0.29, 0.717) is 6.61 Å². The van der Waals surface area contributed by atoms with E-state index in [1.807, 2.05) is 0 Å². The van der Waals surface area contributed by atoms with Crippen molar-refractivity contribution in [3.63, 3.8) is 0 Å². The molecule has 36 heavy (non-hydrogen) atoms. The van der Waals surface area contributed by atoms with Crippen molar-refractivity contribution in [1.29, 1.82) is 0 Å². The highest BCUT2D eigenvalue weighted by molar-refractivity contribution is 7.86. The maximum absolute atomic E-state index is 12.0. The highest BCUT2D eigenvalue weighted by Gasteiger charge is 2.10. The van der Waals surface area contributed by atoms with E-state index < -0.39 is 10.1 Å². The second kappa shape index (κ2) is 31.1. The third-order valence-corrected chi connectivity index (χ3v) is 8.57. The van der Waals surface area contributed by atoms with Crippen molar-refractivity contribution >= 4 is 10.1 Å². The van der Waals surface area contributed by atoms with Gasteiger partial charge in [0, 0.05) is 0 Å². The summed E-state index contributed by atoms with van der Waals surface area (Å²) in [5.74, 6) is 0.196. The fourth-order valence-corrected chi connectivity index (χ4v) is 5.89. The van der Waals surface area contributed by atoms with Gasteiger partial charge in [-0.25, -0.2) is 0 Å². The maximum atomic E-state index is 12.0. The molecule has 0 aromatic carbocycles. The fraction of sp³-hybridized carbons (Fsp3) is 1.00. The first kappa shape index (κ1) is 38.0. The Morgan fingerprint density at radius 1 is 0.389 bits per heavy atom. The molecule has 0 unspecified atom stereocenters. The Labute approximate surface area is 228 Å². The van der Waals surface area contributed by atoms with E-state index in [1.54, 1.807) is 0 Å². The van der Waals surface area contributed by atoms with Gasteiger partial charge in [-0.2, -0.15) is 8.42 Å². The van der Waals surface area contributed by atoms with Crippen LogP contribution in [0.15, 0.2) is 0 Å². The van der Waals surface area contributed by atoms with E-state index in [4.69, 9.17) is 4.18 Å². The van der Waals surface area contributed by atoms with Crippen molar-refractivity contribution in [3.05, 3.63) is 0 Å². The molecule has 5 heteroatoms. The van der Waals surface area contributed by atoms with E-state index >= 15 is 0 Å². The molecular formula is C31H67NO3S. The number of hydrogen-bond donors (Lipinski definition) is 1.